The van der Waals surface area contributed by atoms with E-state index in [-0.39, 0.29) is 25.5 Å². The molecule has 0 spiro atoms. The van der Waals surface area contributed by atoms with Crippen molar-refractivity contribution in [1.82, 2.24) is 4.90 Å². The van der Waals surface area contributed by atoms with Crippen LogP contribution in [0.5, 0.6) is 0 Å². The van der Waals surface area contributed by atoms with E-state index < -0.39 is 36.4 Å². The largest absolute Gasteiger partial charge is 0.481 e. The SMILES string of the molecule is CCc1cccc(C)c1NC(=O)CN1C[C@@H](C(F)(F)F)[C@H](C(=O)O)C1.Cl. The van der Waals surface area contributed by atoms with Crippen molar-refractivity contribution >= 4 is 30.0 Å². The van der Waals surface area contributed by atoms with Crippen molar-refractivity contribution in [2.45, 2.75) is 26.4 Å². The van der Waals surface area contributed by atoms with Crippen LogP contribution in [0.2, 0.25) is 0 Å². The number of carbonyl (C=O) groups excluding carboxylic acids is 1. The Balaban J connectivity index is 0.00000338. The minimum absolute atomic E-state index is 0. The number of aliphatic carboxylic acids is 1. The smallest absolute Gasteiger partial charge is 0.393 e. The minimum atomic E-state index is -4.60. The molecule has 0 bridgehead atoms. The molecule has 146 valence electrons. The maximum absolute atomic E-state index is 13.0. The molecule has 1 aromatic carbocycles. The second-order valence-electron chi connectivity index (χ2n) is 6.30. The Labute approximate surface area is 156 Å². The van der Waals surface area contributed by atoms with Gasteiger partial charge < -0.3 is 10.4 Å². The van der Waals surface area contributed by atoms with Gasteiger partial charge in [-0.3, -0.25) is 14.5 Å². The molecule has 1 aromatic rings. The highest BCUT2D eigenvalue weighted by molar-refractivity contribution is 5.93. The molecule has 0 aromatic heterocycles. The number of hydrogen-bond donors (Lipinski definition) is 2. The molecule has 0 aliphatic carbocycles. The van der Waals surface area contributed by atoms with Crippen LogP contribution in [0.25, 0.3) is 0 Å². The molecule has 1 aliphatic rings. The minimum Gasteiger partial charge on any atom is -0.481 e. The number of likely N-dealkylation sites (tertiary alicyclic amines) is 1. The molecule has 0 radical (unpaired) electrons. The van der Waals surface area contributed by atoms with Gasteiger partial charge >= 0.3 is 12.1 Å². The maximum Gasteiger partial charge on any atom is 0.393 e. The van der Waals surface area contributed by atoms with E-state index >= 15 is 0 Å². The van der Waals surface area contributed by atoms with E-state index in [1.165, 1.54) is 4.90 Å². The summed E-state index contributed by atoms with van der Waals surface area (Å²) in [4.78, 5) is 24.6. The molecular weight excluding hydrogens is 373 g/mol. The first-order valence-electron chi connectivity index (χ1n) is 8.03. The number of nitrogens with zero attached hydrogens (tertiary/aromatic N) is 1. The third kappa shape index (κ3) is 5.11. The van der Waals surface area contributed by atoms with Gasteiger partial charge in [0, 0.05) is 18.8 Å². The predicted molar refractivity (Wildman–Crippen MR) is 93.5 cm³/mol. The molecule has 1 aliphatic heterocycles. The van der Waals surface area contributed by atoms with Gasteiger partial charge in [0.25, 0.3) is 0 Å². The van der Waals surface area contributed by atoms with Gasteiger partial charge in [0.2, 0.25) is 5.91 Å². The highest BCUT2D eigenvalue weighted by Gasteiger charge is 2.52. The molecule has 5 nitrogen and oxygen atoms in total. The van der Waals surface area contributed by atoms with Crippen molar-refractivity contribution in [2.24, 2.45) is 11.8 Å². The molecular formula is C17H22ClF3N2O3. The van der Waals surface area contributed by atoms with Crippen molar-refractivity contribution < 1.29 is 27.9 Å². The number of anilines is 1. The Morgan fingerprint density at radius 3 is 2.46 bits per heavy atom. The van der Waals surface area contributed by atoms with Gasteiger partial charge in [0.15, 0.2) is 0 Å². The van der Waals surface area contributed by atoms with Crippen LogP contribution >= 0.6 is 12.4 Å². The third-order valence-corrected chi connectivity index (χ3v) is 4.50. The standard InChI is InChI=1S/C17H21F3N2O3.ClH/c1-3-11-6-4-5-10(2)15(11)21-14(23)9-22-7-12(16(24)25)13(8-22)17(18,19)20;/h4-6,12-13H,3,7-9H2,1-2H3,(H,21,23)(H,24,25);1H/t12-,13-;/m1./s1. The number of carbonyl (C=O) groups is 2. The number of carboxylic acids is 1. The maximum atomic E-state index is 13.0. The summed E-state index contributed by atoms with van der Waals surface area (Å²) in [6, 6.07) is 5.58. The summed E-state index contributed by atoms with van der Waals surface area (Å²) >= 11 is 0. The number of alkyl halides is 3. The highest BCUT2D eigenvalue weighted by atomic mass is 35.5. The second-order valence-corrected chi connectivity index (χ2v) is 6.30. The van der Waals surface area contributed by atoms with Gasteiger partial charge in [-0.25, -0.2) is 0 Å². The lowest BCUT2D eigenvalue weighted by atomic mass is 9.96. The van der Waals surface area contributed by atoms with E-state index in [9.17, 15) is 22.8 Å². The van der Waals surface area contributed by atoms with Crippen LogP contribution in [0.4, 0.5) is 18.9 Å². The van der Waals surface area contributed by atoms with E-state index in [4.69, 9.17) is 5.11 Å². The van der Waals surface area contributed by atoms with Crippen molar-refractivity contribution in [3.05, 3.63) is 29.3 Å². The van der Waals surface area contributed by atoms with Gasteiger partial charge in [-0.15, -0.1) is 12.4 Å². The molecule has 1 heterocycles. The predicted octanol–water partition coefficient (Wildman–Crippen LogP) is 3.11. The van der Waals surface area contributed by atoms with Gasteiger partial charge in [0.1, 0.15) is 0 Å². The van der Waals surface area contributed by atoms with Crippen LogP contribution in [-0.4, -0.2) is 47.7 Å². The summed E-state index contributed by atoms with van der Waals surface area (Å²) in [7, 11) is 0. The van der Waals surface area contributed by atoms with E-state index in [0.717, 1.165) is 11.1 Å². The van der Waals surface area contributed by atoms with Crippen LogP contribution in [0.15, 0.2) is 18.2 Å². The Kier molecular flexibility index (Phi) is 7.46. The lowest BCUT2D eigenvalue weighted by Crippen LogP contribution is -2.34. The van der Waals surface area contributed by atoms with Crippen molar-refractivity contribution in [3.63, 3.8) is 0 Å². The first-order valence-corrected chi connectivity index (χ1v) is 8.03. The van der Waals surface area contributed by atoms with Crippen molar-refractivity contribution in [2.75, 3.05) is 25.0 Å². The van der Waals surface area contributed by atoms with E-state index in [1.54, 1.807) is 0 Å². The number of carboxylic acid groups (broad SMARTS) is 1. The Bertz CT molecular complexity index is 667. The topological polar surface area (TPSA) is 69.6 Å². The molecule has 26 heavy (non-hydrogen) atoms. The summed E-state index contributed by atoms with van der Waals surface area (Å²) in [5.74, 6) is -5.44. The van der Waals surface area contributed by atoms with Gasteiger partial charge in [0.05, 0.1) is 18.4 Å². The number of amides is 1. The first kappa shape index (κ1) is 22.2. The van der Waals surface area contributed by atoms with E-state index in [0.29, 0.717) is 12.1 Å². The molecule has 2 atom stereocenters. The van der Waals surface area contributed by atoms with E-state index in [1.807, 2.05) is 32.0 Å². The molecule has 0 saturated carbocycles. The zero-order valence-electron chi connectivity index (χ0n) is 14.5. The monoisotopic (exact) mass is 394 g/mol. The Hall–Kier alpha value is -1.80. The summed E-state index contributed by atoms with van der Waals surface area (Å²) < 4.78 is 39.0. The number of hydrogen-bond acceptors (Lipinski definition) is 3. The number of aryl methyl sites for hydroxylation is 2. The number of benzene rings is 1. The van der Waals surface area contributed by atoms with Crippen LogP contribution in [0.3, 0.4) is 0 Å². The van der Waals surface area contributed by atoms with Gasteiger partial charge in [-0.1, -0.05) is 25.1 Å². The third-order valence-electron chi connectivity index (χ3n) is 4.50. The summed E-state index contributed by atoms with van der Waals surface area (Å²) in [5.41, 5.74) is 2.47. The lowest BCUT2D eigenvalue weighted by Gasteiger charge is -2.19. The molecule has 1 amide bonds. The van der Waals surface area contributed by atoms with E-state index in [2.05, 4.69) is 5.32 Å². The van der Waals surface area contributed by atoms with Gasteiger partial charge in [-0.2, -0.15) is 13.2 Å². The zero-order valence-corrected chi connectivity index (χ0v) is 15.3. The van der Waals surface area contributed by atoms with Crippen molar-refractivity contribution in [1.29, 1.82) is 0 Å². The summed E-state index contributed by atoms with van der Waals surface area (Å²) in [6.07, 6.45) is -3.89. The number of rotatable bonds is 5. The fraction of sp³-hybridized carbons (Fsp3) is 0.529. The van der Waals surface area contributed by atoms with Crippen LogP contribution in [-0.2, 0) is 16.0 Å². The fourth-order valence-electron chi connectivity index (χ4n) is 3.18. The molecule has 9 heteroatoms. The first-order chi connectivity index (χ1) is 11.6. The Morgan fingerprint density at radius 1 is 1.31 bits per heavy atom. The average Bonchev–Trinajstić information content (AvgIpc) is 2.93. The molecule has 1 saturated heterocycles. The molecule has 2 rings (SSSR count). The normalized spacial score (nSPS) is 20.5. The molecule has 1 fully saturated rings. The summed E-state index contributed by atoms with van der Waals surface area (Å²) in [6.45, 7) is 2.73. The summed E-state index contributed by atoms with van der Waals surface area (Å²) in [5, 5.41) is 11.8. The Morgan fingerprint density at radius 2 is 1.96 bits per heavy atom. The lowest BCUT2D eigenvalue weighted by molar-refractivity contribution is -0.188. The highest BCUT2D eigenvalue weighted by Crippen LogP contribution is 2.37. The zero-order chi connectivity index (χ0) is 18.8. The molecule has 0 unspecified atom stereocenters. The number of para-hydroxylation sites is 1. The quantitative estimate of drug-likeness (QED) is 0.805. The van der Waals surface area contributed by atoms with Crippen molar-refractivity contribution in [3.8, 4) is 0 Å². The molecule has 2 N–H and O–H groups in total. The average molecular weight is 395 g/mol. The van der Waals surface area contributed by atoms with Crippen LogP contribution < -0.4 is 5.32 Å². The van der Waals surface area contributed by atoms with Crippen LogP contribution in [0, 0.1) is 18.8 Å². The second kappa shape index (κ2) is 8.73. The van der Waals surface area contributed by atoms with Gasteiger partial charge in [-0.05, 0) is 24.5 Å². The fourth-order valence-corrected chi connectivity index (χ4v) is 3.18. The number of nitrogens with one attached hydrogen (secondary N) is 1. The number of halogens is 4. The van der Waals surface area contributed by atoms with Crippen LogP contribution in [0.1, 0.15) is 18.1 Å².